The second-order valence-corrected chi connectivity index (χ2v) is 3.27. The summed E-state index contributed by atoms with van der Waals surface area (Å²) in [6.45, 7) is 4.24. The van der Waals surface area contributed by atoms with Crippen molar-refractivity contribution in [3.63, 3.8) is 0 Å². The predicted molar refractivity (Wildman–Crippen MR) is 56.2 cm³/mol. The van der Waals surface area contributed by atoms with Crippen LogP contribution in [-0.2, 0) is 0 Å². The van der Waals surface area contributed by atoms with Gasteiger partial charge >= 0.3 is 0 Å². The van der Waals surface area contributed by atoms with Crippen molar-refractivity contribution in [2.45, 2.75) is 26.0 Å². The van der Waals surface area contributed by atoms with E-state index in [-0.39, 0.29) is 6.04 Å². The van der Waals surface area contributed by atoms with Crippen LogP contribution >= 0.6 is 0 Å². The minimum atomic E-state index is -0.549. The highest BCUT2D eigenvalue weighted by molar-refractivity contribution is 5.30. The van der Waals surface area contributed by atoms with Crippen LogP contribution in [0.5, 0.6) is 5.75 Å². The van der Waals surface area contributed by atoms with Crippen molar-refractivity contribution in [2.75, 3.05) is 6.61 Å². The van der Waals surface area contributed by atoms with E-state index in [1.165, 1.54) is 0 Å². The summed E-state index contributed by atoms with van der Waals surface area (Å²) < 4.78 is 5.34. The first-order valence-electron chi connectivity index (χ1n) is 4.81. The molecule has 14 heavy (non-hydrogen) atoms. The van der Waals surface area contributed by atoms with Crippen LogP contribution in [0.2, 0.25) is 0 Å². The van der Waals surface area contributed by atoms with Crippen LogP contribution in [0.4, 0.5) is 0 Å². The fourth-order valence-electron chi connectivity index (χ4n) is 1.26. The summed E-state index contributed by atoms with van der Waals surface area (Å²) in [4.78, 5) is 0. The van der Waals surface area contributed by atoms with Crippen LogP contribution in [0, 0.1) is 0 Å². The van der Waals surface area contributed by atoms with Gasteiger partial charge < -0.3 is 15.6 Å². The molecule has 0 heterocycles. The minimum Gasteiger partial charge on any atom is -0.494 e. The zero-order valence-corrected chi connectivity index (χ0v) is 8.60. The summed E-state index contributed by atoms with van der Waals surface area (Å²) in [5, 5.41) is 9.33. The largest absolute Gasteiger partial charge is 0.494 e. The molecule has 1 aromatic carbocycles. The number of aliphatic hydroxyl groups excluding tert-OH is 1. The van der Waals surface area contributed by atoms with Gasteiger partial charge in [-0.05, 0) is 31.5 Å². The topological polar surface area (TPSA) is 55.5 Å². The third-order valence-corrected chi connectivity index (χ3v) is 2.07. The van der Waals surface area contributed by atoms with Gasteiger partial charge in [-0.15, -0.1) is 0 Å². The van der Waals surface area contributed by atoms with E-state index < -0.39 is 6.10 Å². The van der Waals surface area contributed by atoms with Crippen LogP contribution in [0.3, 0.4) is 0 Å². The van der Waals surface area contributed by atoms with Gasteiger partial charge in [0.15, 0.2) is 0 Å². The van der Waals surface area contributed by atoms with E-state index >= 15 is 0 Å². The monoisotopic (exact) mass is 195 g/mol. The van der Waals surface area contributed by atoms with Crippen molar-refractivity contribution in [3.8, 4) is 5.75 Å². The lowest BCUT2D eigenvalue weighted by Gasteiger charge is -2.15. The Balaban J connectivity index is 2.82. The molecule has 0 radical (unpaired) electrons. The number of rotatable bonds is 4. The first-order chi connectivity index (χ1) is 6.65. The first kappa shape index (κ1) is 11.0. The molecule has 1 rings (SSSR count). The first-order valence-corrected chi connectivity index (χ1v) is 4.81. The van der Waals surface area contributed by atoms with Gasteiger partial charge in [0, 0.05) is 0 Å². The summed E-state index contributed by atoms with van der Waals surface area (Å²) in [5.41, 5.74) is 6.69. The Morgan fingerprint density at radius 1 is 1.50 bits per heavy atom. The highest BCUT2D eigenvalue weighted by Gasteiger charge is 2.11. The van der Waals surface area contributed by atoms with Gasteiger partial charge in [0.25, 0.3) is 0 Å². The smallest absolute Gasteiger partial charge is 0.119 e. The maximum absolute atomic E-state index is 9.33. The molecule has 2 unspecified atom stereocenters. The van der Waals surface area contributed by atoms with Gasteiger partial charge in [0.05, 0.1) is 18.8 Å². The van der Waals surface area contributed by atoms with Gasteiger partial charge in [0.1, 0.15) is 5.75 Å². The maximum atomic E-state index is 9.33. The van der Waals surface area contributed by atoms with E-state index in [1.54, 1.807) is 6.92 Å². The number of hydrogen-bond acceptors (Lipinski definition) is 3. The fourth-order valence-corrected chi connectivity index (χ4v) is 1.26. The summed E-state index contributed by atoms with van der Waals surface area (Å²) in [6, 6.07) is 7.15. The van der Waals surface area contributed by atoms with Crippen LogP contribution in [0.25, 0.3) is 0 Å². The van der Waals surface area contributed by atoms with Gasteiger partial charge in [0.2, 0.25) is 0 Å². The summed E-state index contributed by atoms with van der Waals surface area (Å²) in [6.07, 6.45) is -0.549. The van der Waals surface area contributed by atoms with Crippen molar-refractivity contribution in [3.05, 3.63) is 29.8 Å². The predicted octanol–water partition coefficient (Wildman–Crippen LogP) is 1.47. The molecule has 0 fully saturated rings. The Kier molecular flexibility index (Phi) is 3.92. The molecule has 0 aromatic heterocycles. The van der Waals surface area contributed by atoms with Crippen molar-refractivity contribution in [2.24, 2.45) is 5.73 Å². The highest BCUT2D eigenvalue weighted by atomic mass is 16.5. The standard InChI is InChI=1S/C11H17NO2/c1-3-14-10-6-4-5-9(7-10)11(12)8(2)13/h4-8,11,13H,3,12H2,1-2H3. The molecule has 3 heteroatoms. The van der Waals surface area contributed by atoms with Crippen LogP contribution in [-0.4, -0.2) is 17.8 Å². The molecule has 0 bridgehead atoms. The molecule has 0 spiro atoms. The Hall–Kier alpha value is -1.06. The van der Waals surface area contributed by atoms with Crippen molar-refractivity contribution < 1.29 is 9.84 Å². The number of hydrogen-bond donors (Lipinski definition) is 2. The lowest BCUT2D eigenvalue weighted by molar-refractivity contribution is 0.164. The number of nitrogens with two attached hydrogens (primary N) is 1. The third-order valence-electron chi connectivity index (χ3n) is 2.07. The third kappa shape index (κ3) is 2.72. The van der Waals surface area contributed by atoms with E-state index in [9.17, 15) is 5.11 Å². The summed E-state index contributed by atoms with van der Waals surface area (Å²) in [5.74, 6) is 0.793. The Labute approximate surface area is 84.5 Å². The zero-order valence-electron chi connectivity index (χ0n) is 8.60. The minimum absolute atomic E-state index is 0.351. The van der Waals surface area contributed by atoms with Crippen molar-refractivity contribution in [1.29, 1.82) is 0 Å². The molecule has 0 amide bonds. The van der Waals surface area contributed by atoms with Gasteiger partial charge in [-0.1, -0.05) is 12.1 Å². The van der Waals surface area contributed by atoms with Crippen molar-refractivity contribution in [1.82, 2.24) is 0 Å². The molecule has 2 atom stereocenters. The summed E-state index contributed by atoms with van der Waals surface area (Å²) >= 11 is 0. The lowest BCUT2D eigenvalue weighted by atomic mass is 10.0. The maximum Gasteiger partial charge on any atom is 0.119 e. The fraction of sp³-hybridized carbons (Fsp3) is 0.455. The molecule has 1 aromatic rings. The molecular formula is C11H17NO2. The zero-order chi connectivity index (χ0) is 10.6. The van der Waals surface area contributed by atoms with E-state index in [4.69, 9.17) is 10.5 Å². The van der Waals surface area contributed by atoms with Gasteiger partial charge in [-0.3, -0.25) is 0 Å². The van der Waals surface area contributed by atoms with Gasteiger partial charge in [-0.25, -0.2) is 0 Å². The van der Waals surface area contributed by atoms with E-state index in [2.05, 4.69) is 0 Å². The Morgan fingerprint density at radius 3 is 2.79 bits per heavy atom. The number of ether oxygens (including phenoxy) is 1. The average Bonchev–Trinajstić information content (AvgIpc) is 2.17. The second-order valence-electron chi connectivity index (χ2n) is 3.27. The summed E-state index contributed by atoms with van der Waals surface area (Å²) in [7, 11) is 0. The second kappa shape index (κ2) is 4.98. The van der Waals surface area contributed by atoms with Crippen molar-refractivity contribution >= 4 is 0 Å². The molecule has 0 aliphatic heterocycles. The molecule has 0 aliphatic rings. The quantitative estimate of drug-likeness (QED) is 0.764. The Morgan fingerprint density at radius 2 is 2.21 bits per heavy atom. The highest BCUT2D eigenvalue weighted by Crippen LogP contribution is 2.19. The average molecular weight is 195 g/mol. The molecule has 0 saturated carbocycles. The lowest BCUT2D eigenvalue weighted by Crippen LogP contribution is -2.23. The number of aliphatic hydroxyl groups is 1. The van der Waals surface area contributed by atoms with E-state index in [0.29, 0.717) is 6.61 Å². The molecular weight excluding hydrogens is 178 g/mol. The normalized spacial score (nSPS) is 14.9. The van der Waals surface area contributed by atoms with E-state index in [0.717, 1.165) is 11.3 Å². The number of benzene rings is 1. The molecule has 0 saturated heterocycles. The SMILES string of the molecule is CCOc1cccc(C(N)C(C)O)c1. The Bertz CT molecular complexity index is 286. The van der Waals surface area contributed by atoms with Crippen LogP contribution in [0.1, 0.15) is 25.5 Å². The molecule has 3 nitrogen and oxygen atoms in total. The van der Waals surface area contributed by atoms with Crippen LogP contribution in [0.15, 0.2) is 24.3 Å². The molecule has 3 N–H and O–H groups in total. The van der Waals surface area contributed by atoms with Gasteiger partial charge in [-0.2, -0.15) is 0 Å². The molecule has 0 aliphatic carbocycles. The van der Waals surface area contributed by atoms with E-state index in [1.807, 2.05) is 31.2 Å². The van der Waals surface area contributed by atoms with Crippen LogP contribution < -0.4 is 10.5 Å². The molecule has 78 valence electrons.